The highest BCUT2D eigenvalue weighted by Crippen LogP contribution is 2.19. The largest absolute Gasteiger partial charge is 0.481 e. The fourth-order valence-electron chi connectivity index (χ4n) is 1.70. The van der Waals surface area contributed by atoms with Gasteiger partial charge in [-0.25, -0.2) is 0 Å². The van der Waals surface area contributed by atoms with E-state index in [0.29, 0.717) is 11.7 Å². The van der Waals surface area contributed by atoms with E-state index >= 15 is 0 Å². The lowest BCUT2D eigenvalue weighted by atomic mass is 10.4. The van der Waals surface area contributed by atoms with Gasteiger partial charge in [-0.1, -0.05) is 18.7 Å². The molecule has 0 aliphatic carbocycles. The van der Waals surface area contributed by atoms with Gasteiger partial charge < -0.3 is 9.52 Å². The second kappa shape index (κ2) is 5.92. The molecule has 0 atom stereocenters. The van der Waals surface area contributed by atoms with Crippen molar-refractivity contribution in [2.24, 2.45) is 0 Å². The maximum absolute atomic E-state index is 10.6. The fourth-order valence-corrected chi connectivity index (χ4v) is 2.38. The first-order valence-electron chi connectivity index (χ1n) is 5.92. The van der Waals surface area contributed by atoms with Crippen molar-refractivity contribution in [1.29, 1.82) is 0 Å². The first-order valence-corrected chi connectivity index (χ1v) is 6.90. The Morgan fingerprint density at radius 3 is 2.84 bits per heavy atom. The zero-order valence-electron chi connectivity index (χ0n) is 10.8. The lowest BCUT2D eigenvalue weighted by Gasteiger charge is -2.06. The molecule has 0 aliphatic rings. The third kappa shape index (κ3) is 3.37. The highest BCUT2D eigenvalue weighted by Gasteiger charge is 2.14. The number of carbonyl (C=O) groups is 1. The Balaban J connectivity index is 2.20. The standard InChI is InChI=1S/C12H15N3O3S/c1-3-10-13-14-12(19-7-11(16)17)15(10)6-9-5-4-8(2)18-9/h4-5H,3,6-7H2,1-2H3,(H,16,17). The minimum absolute atomic E-state index is 0.0287. The minimum Gasteiger partial charge on any atom is -0.481 e. The summed E-state index contributed by atoms with van der Waals surface area (Å²) in [6.45, 7) is 4.39. The van der Waals surface area contributed by atoms with Crippen LogP contribution in [-0.4, -0.2) is 31.6 Å². The minimum atomic E-state index is -0.869. The van der Waals surface area contributed by atoms with E-state index in [1.165, 1.54) is 11.8 Å². The molecule has 0 radical (unpaired) electrons. The number of carboxylic acids is 1. The summed E-state index contributed by atoms with van der Waals surface area (Å²) >= 11 is 1.17. The Labute approximate surface area is 114 Å². The molecular weight excluding hydrogens is 266 g/mol. The lowest BCUT2D eigenvalue weighted by Crippen LogP contribution is -2.07. The molecule has 0 spiro atoms. The Bertz CT molecular complexity index is 577. The SMILES string of the molecule is CCc1nnc(SCC(=O)O)n1Cc1ccc(C)o1. The number of hydrogen-bond acceptors (Lipinski definition) is 5. The molecule has 0 saturated carbocycles. The van der Waals surface area contributed by atoms with Gasteiger partial charge in [0.2, 0.25) is 0 Å². The second-order valence-corrected chi connectivity index (χ2v) is 4.98. The summed E-state index contributed by atoms with van der Waals surface area (Å²) in [6.07, 6.45) is 0.736. The van der Waals surface area contributed by atoms with Gasteiger partial charge in [-0.3, -0.25) is 9.36 Å². The molecule has 2 aromatic rings. The van der Waals surface area contributed by atoms with Crippen LogP contribution in [0.1, 0.15) is 24.3 Å². The van der Waals surface area contributed by atoms with Crippen LogP contribution >= 0.6 is 11.8 Å². The van der Waals surface area contributed by atoms with Crippen molar-refractivity contribution >= 4 is 17.7 Å². The smallest absolute Gasteiger partial charge is 0.313 e. The van der Waals surface area contributed by atoms with Crippen LogP contribution in [0, 0.1) is 6.92 Å². The summed E-state index contributed by atoms with van der Waals surface area (Å²) in [7, 11) is 0. The van der Waals surface area contributed by atoms with Crippen LogP contribution in [0.3, 0.4) is 0 Å². The van der Waals surface area contributed by atoms with Gasteiger partial charge in [0.25, 0.3) is 0 Å². The average molecular weight is 281 g/mol. The van der Waals surface area contributed by atoms with E-state index < -0.39 is 5.97 Å². The topological polar surface area (TPSA) is 81.1 Å². The number of carboxylic acid groups (broad SMARTS) is 1. The van der Waals surface area contributed by atoms with Crippen molar-refractivity contribution in [3.8, 4) is 0 Å². The number of nitrogens with zero attached hydrogens (tertiary/aromatic N) is 3. The molecule has 0 aromatic carbocycles. The summed E-state index contributed by atoms with van der Waals surface area (Å²) < 4.78 is 7.43. The van der Waals surface area contributed by atoms with E-state index in [-0.39, 0.29) is 5.75 Å². The third-order valence-corrected chi connectivity index (χ3v) is 3.50. The zero-order valence-corrected chi connectivity index (χ0v) is 11.6. The van der Waals surface area contributed by atoms with Crippen LogP contribution in [0.15, 0.2) is 21.7 Å². The van der Waals surface area contributed by atoms with Crippen molar-refractivity contribution in [2.75, 3.05) is 5.75 Å². The number of aliphatic carboxylic acids is 1. The monoisotopic (exact) mass is 281 g/mol. The number of furan rings is 1. The van der Waals surface area contributed by atoms with Crippen LogP contribution in [0.25, 0.3) is 0 Å². The maximum atomic E-state index is 10.6. The van der Waals surface area contributed by atoms with Crippen molar-refractivity contribution in [1.82, 2.24) is 14.8 Å². The van der Waals surface area contributed by atoms with Gasteiger partial charge in [0.05, 0.1) is 12.3 Å². The van der Waals surface area contributed by atoms with Gasteiger partial charge >= 0.3 is 5.97 Å². The maximum Gasteiger partial charge on any atom is 0.313 e. The predicted molar refractivity (Wildman–Crippen MR) is 70.3 cm³/mol. The molecule has 19 heavy (non-hydrogen) atoms. The summed E-state index contributed by atoms with van der Waals surface area (Å²) in [4.78, 5) is 10.6. The van der Waals surface area contributed by atoms with Crippen LogP contribution in [-0.2, 0) is 17.8 Å². The quantitative estimate of drug-likeness (QED) is 0.815. The van der Waals surface area contributed by atoms with Gasteiger partial charge in [0, 0.05) is 6.42 Å². The number of hydrogen-bond donors (Lipinski definition) is 1. The summed E-state index contributed by atoms with van der Waals surface area (Å²) in [5.41, 5.74) is 0. The van der Waals surface area contributed by atoms with E-state index in [1.807, 2.05) is 30.5 Å². The van der Waals surface area contributed by atoms with Crippen molar-refractivity contribution in [2.45, 2.75) is 32.0 Å². The van der Waals surface area contributed by atoms with Crippen LogP contribution < -0.4 is 0 Å². The normalized spacial score (nSPS) is 10.8. The Kier molecular flexibility index (Phi) is 4.26. The molecular formula is C12H15N3O3S. The van der Waals surface area contributed by atoms with Crippen molar-refractivity contribution in [3.05, 3.63) is 29.5 Å². The third-order valence-electron chi connectivity index (χ3n) is 2.54. The van der Waals surface area contributed by atoms with Crippen LogP contribution in [0.2, 0.25) is 0 Å². The fraction of sp³-hybridized carbons (Fsp3) is 0.417. The Hall–Kier alpha value is -1.76. The Morgan fingerprint density at radius 2 is 2.26 bits per heavy atom. The lowest BCUT2D eigenvalue weighted by molar-refractivity contribution is -0.133. The van der Waals surface area contributed by atoms with Crippen LogP contribution in [0.5, 0.6) is 0 Å². The van der Waals surface area contributed by atoms with Gasteiger partial charge in [-0.15, -0.1) is 10.2 Å². The second-order valence-electron chi connectivity index (χ2n) is 4.03. The van der Waals surface area contributed by atoms with Gasteiger partial charge in [0.15, 0.2) is 5.16 Å². The molecule has 0 bridgehead atoms. The Morgan fingerprint density at radius 1 is 1.47 bits per heavy atom. The molecule has 0 saturated heterocycles. The predicted octanol–water partition coefficient (Wildman–Crippen LogP) is 1.97. The first-order chi connectivity index (χ1) is 9.10. The average Bonchev–Trinajstić information content (AvgIpc) is 2.94. The van der Waals surface area contributed by atoms with Gasteiger partial charge in [0.1, 0.15) is 17.3 Å². The highest BCUT2D eigenvalue weighted by molar-refractivity contribution is 7.99. The number of thioether (sulfide) groups is 1. The summed E-state index contributed by atoms with van der Waals surface area (Å²) in [5, 5.41) is 17.4. The highest BCUT2D eigenvalue weighted by atomic mass is 32.2. The van der Waals surface area contributed by atoms with E-state index in [4.69, 9.17) is 9.52 Å². The van der Waals surface area contributed by atoms with Crippen molar-refractivity contribution in [3.63, 3.8) is 0 Å². The number of aromatic nitrogens is 3. The van der Waals surface area contributed by atoms with E-state index in [0.717, 1.165) is 23.8 Å². The zero-order chi connectivity index (χ0) is 13.8. The van der Waals surface area contributed by atoms with E-state index in [1.54, 1.807) is 0 Å². The van der Waals surface area contributed by atoms with E-state index in [9.17, 15) is 4.79 Å². The molecule has 7 heteroatoms. The molecule has 0 amide bonds. The van der Waals surface area contributed by atoms with Crippen molar-refractivity contribution < 1.29 is 14.3 Å². The molecule has 0 aliphatic heterocycles. The first kappa shape index (κ1) is 13.7. The molecule has 2 aromatic heterocycles. The van der Waals surface area contributed by atoms with Gasteiger partial charge in [-0.2, -0.15) is 0 Å². The molecule has 102 valence electrons. The van der Waals surface area contributed by atoms with E-state index in [2.05, 4.69) is 10.2 Å². The molecule has 1 N–H and O–H groups in total. The molecule has 0 unspecified atom stereocenters. The van der Waals surface area contributed by atoms with Crippen LogP contribution in [0.4, 0.5) is 0 Å². The molecule has 2 rings (SSSR count). The van der Waals surface area contributed by atoms with Gasteiger partial charge in [-0.05, 0) is 19.1 Å². The number of rotatable bonds is 6. The number of aryl methyl sites for hydroxylation is 2. The summed E-state index contributed by atoms with van der Waals surface area (Å²) in [5.74, 6) is 1.58. The summed E-state index contributed by atoms with van der Waals surface area (Å²) in [6, 6.07) is 3.80. The molecule has 2 heterocycles. The molecule has 0 fully saturated rings. The molecule has 6 nitrogen and oxygen atoms in total.